The number of aromatic nitrogens is 2. The molecule has 0 aliphatic heterocycles. The van der Waals surface area contributed by atoms with E-state index in [4.69, 9.17) is 10.3 Å². The molecule has 1 aromatic rings. The van der Waals surface area contributed by atoms with Gasteiger partial charge in [0.2, 0.25) is 5.89 Å². The number of hydrogen-bond donors (Lipinski definition) is 1. The molecule has 0 aliphatic rings. The Hall–Kier alpha value is -0.550. The van der Waals surface area contributed by atoms with Crippen LogP contribution in [-0.2, 0) is 12.2 Å². The zero-order chi connectivity index (χ0) is 14.1. The third kappa shape index (κ3) is 6.43. The van der Waals surface area contributed by atoms with Gasteiger partial charge < -0.3 is 10.3 Å². The fourth-order valence-corrected chi connectivity index (χ4v) is 2.69. The molecule has 1 aromatic heterocycles. The average molecular weight is 285 g/mol. The summed E-state index contributed by atoms with van der Waals surface area (Å²) in [5.41, 5.74) is 5.60. The molecule has 0 aliphatic carbocycles. The van der Waals surface area contributed by atoms with Crippen molar-refractivity contribution in [3.05, 3.63) is 11.7 Å². The third-order valence-electron chi connectivity index (χ3n) is 3.50. The summed E-state index contributed by atoms with van der Waals surface area (Å²) in [6.07, 6.45) is 5.39. The SMILES string of the molecule is CCC(CCN)CCc1nc(CSC(C)CC)no1. The maximum Gasteiger partial charge on any atom is 0.226 e. The summed E-state index contributed by atoms with van der Waals surface area (Å²) in [4.78, 5) is 4.45. The van der Waals surface area contributed by atoms with Crippen molar-refractivity contribution in [3.8, 4) is 0 Å². The molecule has 0 bridgehead atoms. The lowest BCUT2D eigenvalue weighted by Gasteiger charge is -2.11. The molecule has 1 heterocycles. The van der Waals surface area contributed by atoms with Crippen LogP contribution in [0.5, 0.6) is 0 Å². The number of hydrogen-bond acceptors (Lipinski definition) is 5. The molecule has 110 valence electrons. The van der Waals surface area contributed by atoms with E-state index in [1.165, 1.54) is 12.8 Å². The average Bonchev–Trinajstić information content (AvgIpc) is 2.88. The summed E-state index contributed by atoms with van der Waals surface area (Å²) in [6, 6.07) is 0. The van der Waals surface area contributed by atoms with Crippen molar-refractivity contribution in [3.63, 3.8) is 0 Å². The Balaban J connectivity index is 2.33. The van der Waals surface area contributed by atoms with Crippen molar-refractivity contribution >= 4 is 11.8 Å². The van der Waals surface area contributed by atoms with Gasteiger partial charge in [-0.1, -0.05) is 32.3 Å². The van der Waals surface area contributed by atoms with Crippen LogP contribution in [0.4, 0.5) is 0 Å². The minimum Gasteiger partial charge on any atom is -0.339 e. The highest BCUT2D eigenvalue weighted by atomic mass is 32.2. The molecule has 1 rings (SSSR count). The molecule has 0 saturated carbocycles. The van der Waals surface area contributed by atoms with E-state index in [0.717, 1.165) is 43.3 Å². The van der Waals surface area contributed by atoms with E-state index >= 15 is 0 Å². The van der Waals surface area contributed by atoms with Crippen molar-refractivity contribution in [2.24, 2.45) is 11.7 Å². The second-order valence-corrected chi connectivity index (χ2v) is 6.45. The van der Waals surface area contributed by atoms with Gasteiger partial charge in [0.15, 0.2) is 5.82 Å². The fraction of sp³-hybridized carbons (Fsp3) is 0.857. The first-order valence-corrected chi connectivity index (χ1v) is 8.37. The largest absolute Gasteiger partial charge is 0.339 e. The Bertz CT molecular complexity index is 343. The molecule has 19 heavy (non-hydrogen) atoms. The first kappa shape index (κ1) is 16.5. The quantitative estimate of drug-likeness (QED) is 0.713. The van der Waals surface area contributed by atoms with Crippen LogP contribution in [0.1, 0.15) is 58.2 Å². The minimum atomic E-state index is 0.649. The summed E-state index contributed by atoms with van der Waals surface area (Å²) >= 11 is 1.88. The Morgan fingerprint density at radius 2 is 2.05 bits per heavy atom. The van der Waals surface area contributed by atoms with E-state index in [1.807, 2.05) is 11.8 Å². The van der Waals surface area contributed by atoms with Crippen LogP contribution in [0, 0.1) is 5.92 Å². The van der Waals surface area contributed by atoms with Crippen LogP contribution in [0.25, 0.3) is 0 Å². The van der Waals surface area contributed by atoms with Crippen LogP contribution >= 0.6 is 11.8 Å². The topological polar surface area (TPSA) is 64.9 Å². The van der Waals surface area contributed by atoms with Gasteiger partial charge in [0.05, 0.1) is 5.75 Å². The van der Waals surface area contributed by atoms with E-state index < -0.39 is 0 Å². The van der Waals surface area contributed by atoms with Crippen molar-refractivity contribution in [1.82, 2.24) is 10.1 Å². The third-order valence-corrected chi connectivity index (χ3v) is 4.83. The van der Waals surface area contributed by atoms with Crippen LogP contribution in [-0.4, -0.2) is 21.9 Å². The van der Waals surface area contributed by atoms with E-state index in [9.17, 15) is 0 Å². The van der Waals surface area contributed by atoms with Gasteiger partial charge in [-0.2, -0.15) is 16.7 Å². The van der Waals surface area contributed by atoms with Gasteiger partial charge in [-0.05, 0) is 31.7 Å². The van der Waals surface area contributed by atoms with Gasteiger partial charge in [-0.25, -0.2) is 0 Å². The molecule has 0 spiro atoms. The number of nitrogens with two attached hydrogens (primary N) is 1. The summed E-state index contributed by atoms with van der Waals surface area (Å²) < 4.78 is 5.30. The predicted octanol–water partition coefficient (Wildman–Crippen LogP) is 3.41. The second-order valence-electron chi connectivity index (χ2n) is 5.02. The van der Waals surface area contributed by atoms with Gasteiger partial charge in [-0.15, -0.1) is 0 Å². The molecule has 0 saturated heterocycles. The maximum absolute atomic E-state index is 5.60. The van der Waals surface area contributed by atoms with E-state index in [1.54, 1.807) is 0 Å². The van der Waals surface area contributed by atoms with E-state index in [0.29, 0.717) is 11.2 Å². The van der Waals surface area contributed by atoms with E-state index in [-0.39, 0.29) is 0 Å². The van der Waals surface area contributed by atoms with Crippen LogP contribution in [0.2, 0.25) is 0 Å². The molecule has 5 heteroatoms. The first-order chi connectivity index (χ1) is 9.19. The van der Waals surface area contributed by atoms with Crippen molar-refractivity contribution in [2.75, 3.05) is 6.54 Å². The number of aryl methyl sites for hydroxylation is 1. The zero-order valence-corrected chi connectivity index (χ0v) is 13.2. The smallest absolute Gasteiger partial charge is 0.226 e. The Kier molecular flexibility index (Phi) is 8.14. The highest BCUT2D eigenvalue weighted by Gasteiger charge is 2.11. The van der Waals surface area contributed by atoms with Crippen molar-refractivity contribution in [2.45, 2.75) is 63.9 Å². The van der Waals surface area contributed by atoms with Gasteiger partial charge in [0.1, 0.15) is 0 Å². The molecule has 2 N–H and O–H groups in total. The molecule has 0 amide bonds. The number of rotatable bonds is 10. The molecular formula is C14H27N3OS. The summed E-state index contributed by atoms with van der Waals surface area (Å²) in [5, 5.41) is 4.69. The number of thioether (sulfide) groups is 1. The fourth-order valence-electron chi connectivity index (χ4n) is 1.90. The summed E-state index contributed by atoms with van der Waals surface area (Å²) in [7, 11) is 0. The van der Waals surface area contributed by atoms with Gasteiger partial charge in [0, 0.05) is 11.7 Å². The Morgan fingerprint density at radius 3 is 2.68 bits per heavy atom. The maximum atomic E-state index is 5.60. The molecule has 0 aromatic carbocycles. The van der Waals surface area contributed by atoms with Crippen molar-refractivity contribution in [1.29, 1.82) is 0 Å². The summed E-state index contributed by atoms with van der Waals surface area (Å²) in [5.74, 6) is 3.12. The van der Waals surface area contributed by atoms with E-state index in [2.05, 4.69) is 30.9 Å². The lowest BCUT2D eigenvalue weighted by atomic mass is 9.97. The normalized spacial score (nSPS) is 14.5. The molecule has 2 unspecified atom stereocenters. The van der Waals surface area contributed by atoms with Crippen LogP contribution in [0.15, 0.2) is 4.52 Å². The van der Waals surface area contributed by atoms with Crippen LogP contribution < -0.4 is 5.73 Å². The minimum absolute atomic E-state index is 0.649. The Morgan fingerprint density at radius 1 is 1.26 bits per heavy atom. The Labute approximate surface area is 120 Å². The number of nitrogens with zero attached hydrogens (tertiary/aromatic N) is 2. The highest BCUT2D eigenvalue weighted by Crippen LogP contribution is 2.19. The first-order valence-electron chi connectivity index (χ1n) is 7.32. The molecule has 2 atom stereocenters. The van der Waals surface area contributed by atoms with Crippen molar-refractivity contribution < 1.29 is 4.52 Å². The second kappa shape index (κ2) is 9.37. The lowest BCUT2D eigenvalue weighted by molar-refractivity contribution is 0.351. The standard InChI is InChI=1S/C14H27N3OS/c1-4-11(3)19-10-13-16-14(18-17-13)7-6-12(5-2)8-9-15/h11-12H,4-10,15H2,1-3H3. The molecule has 0 fully saturated rings. The molecule has 0 radical (unpaired) electrons. The highest BCUT2D eigenvalue weighted by molar-refractivity contribution is 7.99. The van der Waals surface area contributed by atoms with Gasteiger partial charge in [-0.3, -0.25) is 0 Å². The van der Waals surface area contributed by atoms with Gasteiger partial charge >= 0.3 is 0 Å². The van der Waals surface area contributed by atoms with Crippen LogP contribution in [0.3, 0.4) is 0 Å². The lowest BCUT2D eigenvalue weighted by Crippen LogP contribution is -2.09. The summed E-state index contributed by atoms with van der Waals surface area (Å²) in [6.45, 7) is 7.40. The zero-order valence-electron chi connectivity index (χ0n) is 12.4. The predicted molar refractivity (Wildman–Crippen MR) is 81.1 cm³/mol. The van der Waals surface area contributed by atoms with Gasteiger partial charge in [0.25, 0.3) is 0 Å². The monoisotopic (exact) mass is 285 g/mol. The molecular weight excluding hydrogens is 258 g/mol. The molecule has 4 nitrogen and oxygen atoms in total.